The summed E-state index contributed by atoms with van der Waals surface area (Å²) in [4.78, 5) is 18.0. The summed E-state index contributed by atoms with van der Waals surface area (Å²) in [6, 6.07) is 14.7. The van der Waals surface area contributed by atoms with Crippen molar-refractivity contribution in [1.29, 1.82) is 0 Å². The van der Waals surface area contributed by atoms with Gasteiger partial charge in [-0.05, 0) is 36.4 Å². The third-order valence-corrected chi connectivity index (χ3v) is 4.52. The van der Waals surface area contributed by atoms with Crippen LogP contribution in [0.5, 0.6) is 0 Å². The Labute approximate surface area is 137 Å². The molecule has 2 aromatic carbocycles. The summed E-state index contributed by atoms with van der Waals surface area (Å²) in [6.07, 6.45) is 0. The number of amides is 1. The van der Waals surface area contributed by atoms with E-state index in [1.54, 1.807) is 18.2 Å². The number of benzene rings is 2. The first-order valence-corrected chi connectivity index (χ1v) is 8.37. The van der Waals surface area contributed by atoms with Crippen LogP contribution in [0.1, 0.15) is 10.5 Å². The molecule has 8 heteroatoms. The zero-order valence-electron chi connectivity index (χ0n) is 12.2. The highest BCUT2D eigenvalue weighted by molar-refractivity contribution is 7.89. The van der Waals surface area contributed by atoms with Gasteiger partial charge >= 0.3 is 0 Å². The number of halogens is 1. The van der Waals surface area contributed by atoms with E-state index < -0.39 is 21.7 Å². The van der Waals surface area contributed by atoms with E-state index in [0.29, 0.717) is 5.52 Å². The van der Waals surface area contributed by atoms with E-state index in [1.165, 1.54) is 6.07 Å². The molecule has 3 rings (SSSR count). The molecule has 3 aromatic rings. The van der Waals surface area contributed by atoms with Crippen molar-refractivity contribution in [3.8, 4) is 0 Å². The van der Waals surface area contributed by atoms with Crippen LogP contribution in [0.2, 0.25) is 0 Å². The molecule has 1 amide bonds. The minimum Gasteiger partial charge on any atom is -0.272 e. The first kappa shape index (κ1) is 16.0. The van der Waals surface area contributed by atoms with Gasteiger partial charge in [-0.2, -0.15) is 0 Å². The minimum absolute atomic E-state index is 0.0653. The van der Waals surface area contributed by atoms with E-state index in [2.05, 4.69) is 10.4 Å². The number of hydrogen-bond donors (Lipinski definition) is 2. The lowest BCUT2D eigenvalue weighted by Gasteiger charge is -2.08. The molecule has 0 atom stereocenters. The van der Waals surface area contributed by atoms with Gasteiger partial charge in [0.15, 0.2) is 0 Å². The molecule has 0 saturated heterocycles. The molecule has 0 fully saturated rings. The van der Waals surface area contributed by atoms with Gasteiger partial charge in [0.2, 0.25) is 0 Å². The van der Waals surface area contributed by atoms with Crippen molar-refractivity contribution >= 4 is 26.8 Å². The summed E-state index contributed by atoms with van der Waals surface area (Å²) in [6.45, 7) is 0. The molecule has 24 heavy (non-hydrogen) atoms. The lowest BCUT2D eigenvalue weighted by atomic mass is 10.2. The Hall–Kier alpha value is -2.84. The fraction of sp³-hybridized carbons (Fsp3) is 0. The molecule has 1 aromatic heterocycles. The molecule has 2 N–H and O–H groups in total. The van der Waals surface area contributed by atoms with Crippen LogP contribution in [0.3, 0.4) is 0 Å². The van der Waals surface area contributed by atoms with E-state index >= 15 is 0 Å². The molecule has 0 aliphatic carbocycles. The summed E-state index contributed by atoms with van der Waals surface area (Å²) < 4.78 is 36.9. The van der Waals surface area contributed by atoms with Crippen LogP contribution in [0.25, 0.3) is 10.9 Å². The number of hydrogen-bond acceptors (Lipinski definition) is 4. The van der Waals surface area contributed by atoms with Gasteiger partial charge < -0.3 is 0 Å². The Kier molecular flexibility index (Phi) is 4.24. The summed E-state index contributed by atoms with van der Waals surface area (Å²) in [5, 5.41) is 0.862. The number of carbonyl (C=O) groups is 1. The van der Waals surface area contributed by atoms with Crippen LogP contribution in [0, 0.1) is 5.82 Å². The van der Waals surface area contributed by atoms with Gasteiger partial charge in [0.25, 0.3) is 15.9 Å². The molecule has 0 aliphatic heterocycles. The standard InChI is InChI=1S/C16H12FN3O3S/c17-12-6-8-13(9-7-12)24(22,23)20-19-16(21)15-10-5-11-3-1-2-4-14(11)18-15/h1-10,20H,(H,19,21). The number of rotatable bonds is 4. The van der Waals surface area contributed by atoms with E-state index in [0.717, 1.165) is 29.7 Å². The number of nitrogens with one attached hydrogen (secondary N) is 2. The van der Waals surface area contributed by atoms with Crippen molar-refractivity contribution < 1.29 is 17.6 Å². The SMILES string of the molecule is O=C(NNS(=O)(=O)c1ccc(F)cc1)c1ccc2ccccc2n1. The Bertz CT molecular complexity index is 1000. The summed E-state index contributed by atoms with van der Waals surface area (Å²) in [5.74, 6) is -1.26. The first-order valence-electron chi connectivity index (χ1n) is 6.89. The fourth-order valence-corrected chi connectivity index (χ4v) is 2.88. The predicted molar refractivity (Wildman–Crippen MR) is 85.9 cm³/mol. The van der Waals surface area contributed by atoms with Crippen molar-refractivity contribution in [1.82, 2.24) is 15.2 Å². The number of para-hydroxylation sites is 1. The molecule has 6 nitrogen and oxygen atoms in total. The zero-order valence-corrected chi connectivity index (χ0v) is 13.0. The van der Waals surface area contributed by atoms with E-state index in [9.17, 15) is 17.6 Å². The average Bonchev–Trinajstić information content (AvgIpc) is 2.59. The molecule has 122 valence electrons. The second kappa shape index (κ2) is 6.34. The Morgan fingerprint density at radius 3 is 2.42 bits per heavy atom. The molecule has 1 heterocycles. The second-order valence-electron chi connectivity index (χ2n) is 4.90. The number of hydrazine groups is 1. The smallest absolute Gasteiger partial charge is 0.272 e. The van der Waals surface area contributed by atoms with Crippen LogP contribution in [0.4, 0.5) is 4.39 Å². The van der Waals surface area contributed by atoms with Gasteiger partial charge in [-0.25, -0.2) is 17.8 Å². The zero-order chi connectivity index (χ0) is 17.2. The normalized spacial score (nSPS) is 11.4. The van der Waals surface area contributed by atoms with Crippen LogP contribution < -0.4 is 10.3 Å². The van der Waals surface area contributed by atoms with Crippen LogP contribution in [0.15, 0.2) is 65.6 Å². The Morgan fingerprint density at radius 2 is 1.67 bits per heavy atom. The van der Waals surface area contributed by atoms with E-state index in [1.807, 2.05) is 17.0 Å². The second-order valence-corrected chi connectivity index (χ2v) is 6.59. The highest BCUT2D eigenvalue weighted by Crippen LogP contribution is 2.12. The monoisotopic (exact) mass is 345 g/mol. The lowest BCUT2D eigenvalue weighted by Crippen LogP contribution is -2.41. The highest BCUT2D eigenvalue weighted by atomic mass is 32.2. The van der Waals surface area contributed by atoms with Gasteiger partial charge in [-0.3, -0.25) is 10.2 Å². The Morgan fingerprint density at radius 1 is 0.958 bits per heavy atom. The van der Waals surface area contributed by atoms with Crippen LogP contribution in [-0.4, -0.2) is 19.3 Å². The third kappa shape index (κ3) is 3.39. The highest BCUT2D eigenvalue weighted by Gasteiger charge is 2.16. The molecule has 0 saturated carbocycles. The molecule has 0 aliphatic rings. The molecular weight excluding hydrogens is 333 g/mol. The Balaban J connectivity index is 1.75. The quantitative estimate of drug-likeness (QED) is 0.708. The number of sulfonamides is 1. The van der Waals surface area contributed by atoms with Crippen LogP contribution in [-0.2, 0) is 10.0 Å². The van der Waals surface area contributed by atoms with Crippen molar-refractivity contribution in [2.24, 2.45) is 0 Å². The molecule has 0 unspecified atom stereocenters. The first-order chi connectivity index (χ1) is 11.5. The van der Waals surface area contributed by atoms with Gasteiger partial charge in [0, 0.05) is 5.39 Å². The van der Waals surface area contributed by atoms with Crippen LogP contribution >= 0.6 is 0 Å². The number of fused-ring (bicyclic) bond motifs is 1. The summed E-state index contributed by atoms with van der Waals surface area (Å²) in [5.41, 5.74) is 2.77. The summed E-state index contributed by atoms with van der Waals surface area (Å²) in [7, 11) is -4.00. The number of nitrogens with zero attached hydrogens (tertiary/aromatic N) is 1. The molecule has 0 radical (unpaired) electrons. The van der Waals surface area contributed by atoms with E-state index in [4.69, 9.17) is 0 Å². The number of pyridine rings is 1. The van der Waals surface area contributed by atoms with Gasteiger partial charge in [-0.1, -0.05) is 24.3 Å². The van der Waals surface area contributed by atoms with Crippen molar-refractivity contribution in [2.45, 2.75) is 4.90 Å². The van der Waals surface area contributed by atoms with Gasteiger partial charge in [-0.15, -0.1) is 4.83 Å². The maximum Gasteiger partial charge on any atom is 0.284 e. The lowest BCUT2D eigenvalue weighted by molar-refractivity contribution is 0.0940. The molecule has 0 bridgehead atoms. The summed E-state index contributed by atoms with van der Waals surface area (Å²) >= 11 is 0. The number of aromatic nitrogens is 1. The minimum atomic E-state index is -4.00. The van der Waals surface area contributed by atoms with E-state index in [-0.39, 0.29) is 10.6 Å². The largest absolute Gasteiger partial charge is 0.284 e. The van der Waals surface area contributed by atoms with Gasteiger partial charge in [0.05, 0.1) is 10.4 Å². The number of carbonyl (C=O) groups excluding carboxylic acids is 1. The third-order valence-electron chi connectivity index (χ3n) is 3.25. The maximum atomic E-state index is 12.8. The molecule has 0 spiro atoms. The topological polar surface area (TPSA) is 88.2 Å². The fourth-order valence-electron chi connectivity index (χ4n) is 2.04. The van der Waals surface area contributed by atoms with Crippen molar-refractivity contribution in [2.75, 3.05) is 0 Å². The maximum absolute atomic E-state index is 12.8. The average molecular weight is 345 g/mol. The van der Waals surface area contributed by atoms with Crippen molar-refractivity contribution in [3.63, 3.8) is 0 Å². The van der Waals surface area contributed by atoms with Gasteiger partial charge in [0.1, 0.15) is 11.5 Å². The van der Waals surface area contributed by atoms with Crippen molar-refractivity contribution in [3.05, 3.63) is 72.2 Å². The molecular formula is C16H12FN3O3S. The predicted octanol–water partition coefficient (Wildman–Crippen LogP) is 2.00.